The minimum absolute atomic E-state index is 0.170. The van der Waals surface area contributed by atoms with Gasteiger partial charge in [0.05, 0.1) is 25.5 Å². The number of rotatable bonds is 9. The highest BCUT2D eigenvalue weighted by Crippen LogP contribution is 2.35. The van der Waals surface area contributed by atoms with Crippen LogP contribution in [0.25, 0.3) is 5.57 Å². The van der Waals surface area contributed by atoms with Crippen LogP contribution in [0.2, 0.25) is 5.02 Å². The molecule has 1 aliphatic rings. The summed E-state index contributed by atoms with van der Waals surface area (Å²) in [5, 5.41) is 3.55. The van der Waals surface area contributed by atoms with E-state index in [1.165, 1.54) is 12.0 Å². The Morgan fingerprint density at radius 3 is 2.33 bits per heavy atom. The molecule has 0 aliphatic carbocycles. The summed E-state index contributed by atoms with van der Waals surface area (Å²) in [6, 6.07) is 12.0. The van der Waals surface area contributed by atoms with Gasteiger partial charge in [0.25, 0.3) is 11.8 Å². The molecule has 7 nitrogen and oxygen atoms in total. The molecule has 1 aliphatic heterocycles. The van der Waals surface area contributed by atoms with Gasteiger partial charge in [-0.05, 0) is 42.3 Å². The van der Waals surface area contributed by atoms with E-state index in [9.17, 15) is 9.59 Å². The minimum Gasteiger partial charge on any atom is -0.497 e. The van der Waals surface area contributed by atoms with Crippen molar-refractivity contribution in [3.8, 4) is 11.5 Å². The molecule has 0 saturated heterocycles. The predicted molar refractivity (Wildman–Crippen MR) is 115 cm³/mol. The Kier molecular flexibility index (Phi) is 6.97. The van der Waals surface area contributed by atoms with Crippen LogP contribution in [0.5, 0.6) is 11.5 Å². The largest absolute Gasteiger partial charge is 0.497 e. The van der Waals surface area contributed by atoms with Gasteiger partial charge >= 0.3 is 0 Å². The summed E-state index contributed by atoms with van der Waals surface area (Å²) in [4.78, 5) is 27.5. The number of methoxy groups -OCH3 is 3. The number of carbonyl (C=O) groups is 2. The van der Waals surface area contributed by atoms with Gasteiger partial charge in [0.2, 0.25) is 0 Å². The van der Waals surface area contributed by atoms with E-state index in [1.54, 1.807) is 56.7 Å². The van der Waals surface area contributed by atoms with Crippen LogP contribution < -0.4 is 14.8 Å². The van der Waals surface area contributed by atoms with Gasteiger partial charge < -0.3 is 19.5 Å². The Balaban J connectivity index is 2.04. The Hall–Kier alpha value is -3.03. The highest BCUT2D eigenvalue weighted by molar-refractivity contribution is 6.36. The maximum Gasteiger partial charge on any atom is 0.278 e. The summed E-state index contributed by atoms with van der Waals surface area (Å²) < 4.78 is 15.6. The second-order valence-electron chi connectivity index (χ2n) is 6.56. The Morgan fingerprint density at radius 2 is 1.70 bits per heavy atom. The van der Waals surface area contributed by atoms with Gasteiger partial charge in [-0.15, -0.1) is 0 Å². The fourth-order valence-electron chi connectivity index (χ4n) is 3.20. The first-order valence-electron chi connectivity index (χ1n) is 9.34. The maximum absolute atomic E-state index is 13.2. The van der Waals surface area contributed by atoms with Crippen LogP contribution >= 0.6 is 11.6 Å². The van der Waals surface area contributed by atoms with Gasteiger partial charge in [0.1, 0.15) is 17.2 Å². The van der Waals surface area contributed by atoms with E-state index >= 15 is 0 Å². The molecule has 8 heteroatoms. The molecule has 0 aromatic heterocycles. The number of hydrogen-bond acceptors (Lipinski definition) is 6. The molecular weight excluding hydrogens is 408 g/mol. The fourth-order valence-corrected chi connectivity index (χ4v) is 3.37. The number of amides is 2. The van der Waals surface area contributed by atoms with Crippen molar-refractivity contribution in [2.75, 3.05) is 39.8 Å². The summed E-state index contributed by atoms with van der Waals surface area (Å²) >= 11 is 6.12. The lowest BCUT2D eigenvalue weighted by Crippen LogP contribution is -2.33. The number of nitrogens with one attached hydrogen (secondary N) is 1. The Labute approximate surface area is 180 Å². The van der Waals surface area contributed by atoms with Crippen LogP contribution in [0.3, 0.4) is 0 Å². The van der Waals surface area contributed by atoms with Gasteiger partial charge in [0, 0.05) is 25.3 Å². The molecule has 0 bridgehead atoms. The van der Waals surface area contributed by atoms with Crippen molar-refractivity contribution in [3.05, 3.63) is 58.7 Å². The number of halogens is 1. The molecule has 1 heterocycles. The van der Waals surface area contributed by atoms with Crippen molar-refractivity contribution in [3.63, 3.8) is 0 Å². The standard InChI is InChI=1S/C22H23ClN2O5/c1-28-12-4-11-25-21(26)19(14-5-8-16(29-2)9-6-14)20(22(25)27)24-17-13-15(23)7-10-18(17)30-3/h5-10,13,24H,4,11-12H2,1-3H3. The highest BCUT2D eigenvalue weighted by Gasteiger charge is 2.39. The average Bonchev–Trinajstić information content (AvgIpc) is 2.98. The van der Waals surface area contributed by atoms with Crippen LogP contribution in [-0.4, -0.2) is 51.2 Å². The van der Waals surface area contributed by atoms with Crippen LogP contribution in [0.15, 0.2) is 48.2 Å². The number of benzene rings is 2. The van der Waals surface area contributed by atoms with E-state index in [4.69, 9.17) is 25.8 Å². The second kappa shape index (κ2) is 9.65. The fraction of sp³-hybridized carbons (Fsp3) is 0.273. The van der Waals surface area contributed by atoms with Gasteiger partial charge in [-0.3, -0.25) is 14.5 Å². The molecule has 0 unspecified atom stereocenters. The third-order valence-electron chi connectivity index (χ3n) is 4.70. The van der Waals surface area contributed by atoms with E-state index in [0.29, 0.717) is 40.8 Å². The zero-order chi connectivity index (χ0) is 21.7. The smallest absolute Gasteiger partial charge is 0.278 e. The molecule has 0 saturated carbocycles. The molecule has 0 radical (unpaired) electrons. The molecular formula is C22H23ClN2O5. The van der Waals surface area contributed by atoms with Gasteiger partial charge in [-0.2, -0.15) is 0 Å². The highest BCUT2D eigenvalue weighted by atomic mass is 35.5. The van der Waals surface area contributed by atoms with E-state index in [0.717, 1.165) is 0 Å². The van der Waals surface area contributed by atoms with Crippen LogP contribution in [0, 0.1) is 0 Å². The lowest BCUT2D eigenvalue weighted by atomic mass is 10.0. The number of carbonyl (C=O) groups excluding carboxylic acids is 2. The Morgan fingerprint density at radius 1 is 0.967 bits per heavy atom. The van der Waals surface area contributed by atoms with Gasteiger partial charge in [-0.25, -0.2) is 0 Å². The Bertz CT molecular complexity index is 972. The van der Waals surface area contributed by atoms with Gasteiger partial charge in [-0.1, -0.05) is 23.7 Å². The van der Waals surface area contributed by atoms with Crippen molar-refractivity contribution < 1.29 is 23.8 Å². The molecule has 2 aromatic rings. The average molecular weight is 431 g/mol. The quantitative estimate of drug-likeness (QED) is 0.484. The minimum atomic E-state index is -0.413. The van der Waals surface area contributed by atoms with Crippen LogP contribution in [0.4, 0.5) is 5.69 Å². The third-order valence-corrected chi connectivity index (χ3v) is 4.93. The number of hydrogen-bond donors (Lipinski definition) is 1. The first-order chi connectivity index (χ1) is 14.5. The van der Waals surface area contributed by atoms with Crippen molar-refractivity contribution in [2.45, 2.75) is 6.42 Å². The first-order valence-corrected chi connectivity index (χ1v) is 9.72. The topological polar surface area (TPSA) is 77.1 Å². The van der Waals surface area contributed by atoms with Crippen LogP contribution in [-0.2, 0) is 14.3 Å². The second-order valence-corrected chi connectivity index (χ2v) is 6.99. The first kappa shape index (κ1) is 21.7. The third kappa shape index (κ3) is 4.42. The monoisotopic (exact) mass is 430 g/mol. The molecule has 3 rings (SSSR count). The summed E-state index contributed by atoms with van der Waals surface area (Å²) in [6.45, 7) is 0.697. The maximum atomic E-state index is 13.2. The summed E-state index contributed by atoms with van der Waals surface area (Å²) in [5.74, 6) is 0.367. The van der Waals surface area contributed by atoms with Crippen molar-refractivity contribution in [2.24, 2.45) is 0 Å². The summed E-state index contributed by atoms with van der Waals surface area (Å²) in [6.07, 6.45) is 0.539. The molecule has 0 fully saturated rings. The lowest BCUT2D eigenvalue weighted by Gasteiger charge is -2.15. The zero-order valence-corrected chi connectivity index (χ0v) is 17.8. The van der Waals surface area contributed by atoms with E-state index in [2.05, 4.69) is 5.32 Å². The van der Waals surface area contributed by atoms with Gasteiger partial charge in [0.15, 0.2) is 0 Å². The summed E-state index contributed by atoms with van der Waals surface area (Å²) in [7, 11) is 4.66. The lowest BCUT2D eigenvalue weighted by molar-refractivity contribution is -0.136. The van der Waals surface area contributed by atoms with E-state index < -0.39 is 5.91 Å². The SMILES string of the molecule is COCCCN1C(=O)C(Nc2cc(Cl)ccc2OC)=C(c2ccc(OC)cc2)C1=O. The number of anilines is 1. The van der Waals surface area contributed by atoms with E-state index in [1.807, 2.05) is 0 Å². The normalized spacial score (nSPS) is 13.8. The number of ether oxygens (including phenoxy) is 3. The molecule has 2 aromatic carbocycles. The molecule has 0 spiro atoms. The van der Waals surface area contributed by atoms with E-state index in [-0.39, 0.29) is 23.7 Å². The number of imide groups is 1. The van der Waals surface area contributed by atoms with Crippen LogP contribution in [0.1, 0.15) is 12.0 Å². The zero-order valence-electron chi connectivity index (χ0n) is 17.0. The van der Waals surface area contributed by atoms with Crippen molar-refractivity contribution in [1.82, 2.24) is 4.90 Å². The van der Waals surface area contributed by atoms with Crippen molar-refractivity contribution >= 4 is 34.7 Å². The summed E-state index contributed by atoms with van der Waals surface area (Å²) in [5.41, 5.74) is 1.54. The molecule has 1 N–H and O–H groups in total. The van der Waals surface area contributed by atoms with Crippen molar-refractivity contribution in [1.29, 1.82) is 0 Å². The molecule has 30 heavy (non-hydrogen) atoms. The number of nitrogens with zero attached hydrogens (tertiary/aromatic N) is 1. The molecule has 158 valence electrons. The molecule has 0 atom stereocenters. The molecule has 2 amide bonds. The predicted octanol–water partition coefficient (Wildman–Crippen LogP) is 3.59.